The number of ether oxygens (including phenoxy) is 1. The van der Waals surface area contributed by atoms with Crippen LogP contribution in [-0.4, -0.2) is 39.4 Å². The van der Waals surface area contributed by atoms with E-state index in [1.54, 1.807) is 4.90 Å². The van der Waals surface area contributed by atoms with Gasteiger partial charge in [0.1, 0.15) is 5.75 Å². The van der Waals surface area contributed by atoms with Crippen molar-refractivity contribution in [3.8, 4) is 5.75 Å². The Hall–Kier alpha value is -1.96. The number of amides is 1. The number of sulfonamides is 1. The molecule has 2 aromatic carbocycles. The van der Waals surface area contributed by atoms with Crippen LogP contribution in [0.3, 0.4) is 0 Å². The van der Waals surface area contributed by atoms with Crippen LogP contribution in [0.1, 0.15) is 30.1 Å². The van der Waals surface area contributed by atoms with Gasteiger partial charge in [-0.1, -0.05) is 30.1 Å². The third kappa shape index (κ3) is 5.15. The van der Waals surface area contributed by atoms with Gasteiger partial charge in [-0.25, -0.2) is 8.42 Å². The van der Waals surface area contributed by atoms with Gasteiger partial charge in [-0.3, -0.25) is 9.52 Å². The van der Waals surface area contributed by atoms with Crippen LogP contribution >= 0.6 is 23.2 Å². The standard InChI is InChI=1S/C20H22Cl2N2O4S/c1-13-5-7-24(8-6-13)20(25)18-12-17(3-4-19(18)28-2)29(26,27)23-16-10-14(21)9-15(22)11-16/h3-4,9-13,23H,5-8H2,1-2H3. The number of halogens is 2. The highest BCUT2D eigenvalue weighted by atomic mass is 35.5. The number of carbonyl (C=O) groups excluding carboxylic acids is 1. The molecule has 1 heterocycles. The van der Waals surface area contributed by atoms with Crippen LogP contribution in [0.2, 0.25) is 10.0 Å². The minimum absolute atomic E-state index is 0.0527. The quantitative estimate of drug-likeness (QED) is 0.708. The number of hydrogen-bond donors (Lipinski definition) is 1. The maximum atomic E-state index is 13.0. The largest absolute Gasteiger partial charge is 0.496 e. The summed E-state index contributed by atoms with van der Waals surface area (Å²) in [6, 6.07) is 8.63. The van der Waals surface area contributed by atoms with E-state index in [0.717, 1.165) is 12.8 Å². The maximum Gasteiger partial charge on any atom is 0.261 e. The molecule has 0 atom stereocenters. The summed E-state index contributed by atoms with van der Waals surface area (Å²) in [6.07, 6.45) is 1.84. The van der Waals surface area contributed by atoms with E-state index in [9.17, 15) is 13.2 Å². The molecule has 1 amide bonds. The summed E-state index contributed by atoms with van der Waals surface area (Å²) < 4.78 is 33.5. The predicted octanol–water partition coefficient (Wildman–Crippen LogP) is 4.67. The highest BCUT2D eigenvalue weighted by Gasteiger charge is 2.26. The molecule has 0 bridgehead atoms. The molecular formula is C20H22Cl2N2O4S. The molecule has 3 rings (SSSR count). The molecule has 1 N–H and O–H groups in total. The van der Waals surface area contributed by atoms with Gasteiger partial charge >= 0.3 is 0 Å². The molecule has 2 aromatic rings. The molecular weight excluding hydrogens is 435 g/mol. The second-order valence-electron chi connectivity index (χ2n) is 7.10. The monoisotopic (exact) mass is 456 g/mol. The molecule has 0 aliphatic carbocycles. The van der Waals surface area contributed by atoms with Crippen LogP contribution in [0.15, 0.2) is 41.3 Å². The van der Waals surface area contributed by atoms with Crippen molar-refractivity contribution in [2.24, 2.45) is 5.92 Å². The van der Waals surface area contributed by atoms with Gasteiger partial charge in [0.15, 0.2) is 0 Å². The summed E-state index contributed by atoms with van der Waals surface area (Å²) in [4.78, 5) is 14.7. The Morgan fingerprint density at radius 1 is 1.10 bits per heavy atom. The van der Waals surface area contributed by atoms with E-state index in [-0.39, 0.29) is 22.1 Å². The lowest BCUT2D eigenvalue weighted by atomic mass is 9.98. The summed E-state index contributed by atoms with van der Waals surface area (Å²) in [5.41, 5.74) is 0.449. The Morgan fingerprint density at radius 3 is 2.31 bits per heavy atom. The molecule has 1 aliphatic heterocycles. The number of anilines is 1. The predicted molar refractivity (Wildman–Crippen MR) is 115 cm³/mol. The van der Waals surface area contributed by atoms with Crippen LogP contribution in [0.5, 0.6) is 5.75 Å². The van der Waals surface area contributed by atoms with Crippen LogP contribution in [-0.2, 0) is 10.0 Å². The van der Waals surface area contributed by atoms with Gasteiger partial charge in [0.25, 0.3) is 15.9 Å². The number of benzene rings is 2. The summed E-state index contributed by atoms with van der Waals surface area (Å²) in [5, 5.41) is 0.611. The second kappa shape index (κ2) is 8.81. The molecule has 9 heteroatoms. The van der Waals surface area contributed by atoms with E-state index in [0.29, 0.717) is 34.8 Å². The smallest absolute Gasteiger partial charge is 0.261 e. The fourth-order valence-electron chi connectivity index (χ4n) is 3.23. The van der Waals surface area contributed by atoms with E-state index in [4.69, 9.17) is 27.9 Å². The van der Waals surface area contributed by atoms with E-state index in [2.05, 4.69) is 11.6 Å². The van der Waals surface area contributed by atoms with Crippen molar-refractivity contribution in [1.82, 2.24) is 4.90 Å². The zero-order chi connectivity index (χ0) is 21.2. The number of hydrogen-bond acceptors (Lipinski definition) is 4. The molecule has 1 aliphatic rings. The first-order valence-corrected chi connectivity index (χ1v) is 11.4. The number of likely N-dealkylation sites (tertiary alicyclic amines) is 1. The fraction of sp³-hybridized carbons (Fsp3) is 0.350. The lowest BCUT2D eigenvalue weighted by molar-refractivity contribution is 0.0693. The molecule has 0 radical (unpaired) electrons. The lowest BCUT2D eigenvalue weighted by Gasteiger charge is -2.30. The molecule has 0 spiro atoms. The Balaban J connectivity index is 1.91. The third-order valence-corrected chi connectivity index (χ3v) is 6.71. The Bertz CT molecular complexity index is 999. The van der Waals surface area contributed by atoms with E-state index < -0.39 is 10.0 Å². The van der Waals surface area contributed by atoms with Crippen molar-refractivity contribution in [3.63, 3.8) is 0 Å². The Kier molecular flexibility index (Phi) is 6.61. The maximum absolute atomic E-state index is 13.0. The van der Waals surface area contributed by atoms with Crippen molar-refractivity contribution in [2.45, 2.75) is 24.7 Å². The van der Waals surface area contributed by atoms with Crippen molar-refractivity contribution in [1.29, 1.82) is 0 Å². The summed E-state index contributed by atoms with van der Waals surface area (Å²) in [7, 11) is -2.51. The van der Waals surface area contributed by atoms with Gasteiger partial charge < -0.3 is 9.64 Å². The number of carbonyl (C=O) groups is 1. The number of rotatable bonds is 5. The summed E-state index contributed by atoms with van der Waals surface area (Å²) >= 11 is 11.9. The molecule has 156 valence electrons. The van der Waals surface area contributed by atoms with Crippen molar-refractivity contribution < 1.29 is 17.9 Å². The minimum Gasteiger partial charge on any atom is -0.496 e. The SMILES string of the molecule is COc1ccc(S(=O)(=O)Nc2cc(Cl)cc(Cl)c2)cc1C(=O)N1CCC(C)CC1. The van der Waals surface area contributed by atoms with Crippen LogP contribution in [0.25, 0.3) is 0 Å². The number of piperidine rings is 1. The van der Waals surface area contributed by atoms with Crippen LogP contribution in [0.4, 0.5) is 5.69 Å². The molecule has 6 nitrogen and oxygen atoms in total. The second-order valence-corrected chi connectivity index (χ2v) is 9.66. The molecule has 0 unspecified atom stereocenters. The normalized spacial score (nSPS) is 15.2. The Labute approximate surface area is 180 Å². The number of methoxy groups -OCH3 is 1. The molecule has 0 aromatic heterocycles. The molecule has 1 fully saturated rings. The highest BCUT2D eigenvalue weighted by Crippen LogP contribution is 2.28. The van der Waals surface area contributed by atoms with Gasteiger partial charge in [-0.2, -0.15) is 0 Å². The van der Waals surface area contributed by atoms with Crippen molar-refractivity contribution in [3.05, 3.63) is 52.0 Å². The third-order valence-electron chi connectivity index (χ3n) is 4.90. The van der Waals surface area contributed by atoms with Gasteiger partial charge in [0.2, 0.25) is 0 Å². The summed E-state index contributed by atoms with van der Waals surface area (Å²) in [6.45, 7) is 3.43. The molecule has 0 saturated carbocycles. The highest BCUT2D eigenvalue weighted by molar-refractivity contribution is 7.92. The number of nitrogens with zero attached hydrogens (tertiary/aromatic N) is 1. The molecule has 1 saturated heterocycles. The zero-order valence-electron chi connectivity index (χ0n) is 16.1. The first-order chi connectivity index (χ1) is 13.7. The van der Waals surface area contributed by atoms with Gasteiger partial charge in [-0.05, 0) is 55.2 Å². The average molecular weight is 457 g/mol. The van der Waals surface area contributed by atoms with Crippen molar-refractivity contribution >= 4 is 44.8 Å². The fourth-order valence-corrected chi connectivity index (χ4v) is 4.82. The van der Waals surface area contributed by atoms with E-state index in [1.165, 1.54) is 43.5 Å². The summed E-state index contributed by atoms with van der Waals surface area (Å²) in [5.74, 6) is 0.663. The Morgan fingerprint density at radius 2 is 1.72 bits per heavy atom. The zero-order valence-corrected chi connectivity index (χ0v) is 18.4. The number of nitrogens with one attached hydrogen (secondary N) is 1. The first kappa shape index (κ1) is 21.7. The lowest BCUT2D eigenvalue weighted by Crippen LogP contribution is -2.38. The van der Waals surface area contributed by atoms with E-state index in [1.807, 2.05) is 0 Å². The topological polar surface area (TPSA) is 75.7 Å². The van der Waals surface area contributed by atoms with Crippen LogP contribution in [0, 0.1) is 5.92 Å². The average Bonchev–Trinajstić information content (AvgIpc) is 2.66. The van der Waals surface area contributed by atoms with Gasteiger partial charge in [0.05, 0.1) is 23.3 Å². The van der Waals surface area contributed by atoms with Crippen LogP contribution < -0.4 is 9.46 Å². The minimum atomic E-state index is -3.96. The first-order valence-electron chi connectivity index (χ1n) is 9.16. The van der Waals surface area contributed by atoms with Gasteiger partial charge in [-0.15, -0.1) is 0 Å². The molecule has 29 heavy (non-hydrogen) atoms. The van der Waals surface area contributed by atoms with Gasteiger partial charge in [0, 0.05) is 23.1 Å². The van der Waals surface area contributed by atoms with Crippen molar-refractivity contribution in [2.75, 3.05) is 24.9 Å². The van der Waals surface area contributed by atoms with E-state index >= 15 is 0 Å².